The first-order valence-electron chi connectivity index (χ1n) is 5.56. The van der Waals surface area contributed by atoms with E-state index in [4.69, 9.17) is 5.11 Å². The van der Waals surface area contributed by atoms with Gasteiger partial charge >= 0.3 is 0 Å². The van der Waals surface area contributed by atoms with E-state index in [9.17, 15) is 4.79 Å². The van der Waals surface area contributed by atoms with Crippen molar-refractivity contribution in [3.05, 3.63) is 29.9 Å². The summed E-state index contributed by atoms with van der Waals surface area (Å²) < 4.78 is 0. The molecule has 5 nitrogen and oxygen atoms in total. The fourth-order valence-electron chi connectivity index (χ4n) is 1.40. The average Bonchev–Trinajstić information content (AvgIpc) is 2.86. The average molecular weight is 263 g/mol. The number of anilines is 1. The number of thiazole rings is 1. The Kier molecular flexibility index (Phi) is 4.38. The van der Waals surface area contributed by atoms with Crippen LogP contribution >= 0.6 is 11.3 Å². The third-order valence-electron chi connectivity index (χ3n) is 2.27. The summed E-state index contributed by atoms with van der Waals surface area (Å²) in [5, 5.41) is 13.8. The van der Waals surface area contributed by atoms with E-state index in [0.29, 0.717) is 18.0 Å². The molecule has 2 aromatic rings. The maximum atomic E-state index is 11.4. The van der Waals surface area contributed by atoms with Crippen molar-refractivity contribution >= 4 is 22.4 Å². The smallest absolute Gasteiger partial charge is 0.226 e. The van der Waals surface area contributed by atoms with Gasteiger partial charge in [0.2, 0.25) is 5.91 Å². The van der Waals surface area contributed by atoms with Gasteiger partial charge in [-0.3, -0.25) is 9.78 Å². The van der Waals surface area contributed by atoms with Crippen molar-refractivity contribution in [3.63, 3.8) is 0 Å². The molecule has 2 heterocycles. The zero-order chi connectivity index (χ0) is 12.8. The molecule has 0 atom stereocenters. The van der Waals surface area contributed by atoms with Gasteiger partial charge in [-0.15, -0.1) is 11.3 Å². The summed E-state index contributed by atoms with van der Waals surface area (Å²) in [5.41, 5.74) is 1.72. The van der Waals surface area contributed by atoms with Crippen molar-refractivity contribution in [3.8, 4) is 11.3 Å². The predicted molar refractivity (Wildman–Crippen MR) is 70.3 cm³/mol. The SMILES string of the molecule is O=C(CCCO)Nc1nc(-c2cccnc2)cs1. The maximum Gasteiger partial charge on any atom is 0.226 e. The first-order valence-corrected chi connectivity index (χ1v) is 6.44. The Morgan fingerprint density at radius 1 is 1.50 bits per heavy atom. The van der Waals surface area contributed by atoms with Gasteiger partial charge < -0.3 is 10.4 Å². The minimum absolute atomic E-state index is 0.0201. The minimum atomic E-state index is -0.129. The highest BCUT2D eigenvalue weighted by Gasteiger charge is 2.07. The molecule has 0 spiro atoms. The van der Waals surface area contributed by atoms with Crippen LogP contribution in [-0.4, -0.2) is 27.6 Å². The Bertz CT molecular complexity index is 513. The second kappa shape index (κ2) is 6.23. The lowest BCUT2D eigenvalue weighted by atomic mass is 10.2. The number of aliphatic hydroxyl groups is 1. The Labute approximate surface area is 109 Å². The number of pyridine rings is 1. The molecule has 6 heteroatoms. The number of nitrogens with one attached hydrogen (secondary N) is 1. The third-order valence-corrected chi connectivity index (χ3v) is 3.03. The van der Waals surface area contributed by atoms with Crippen LogP contribution in [0.15, 0.2) is 29.9 Å². The normalized spacial score (nSPS) is 10.3. The van der Waals surface area contributed by atoms with Crippen molar-refractivity contribution in [2.75, 3.05) is 11.9 Å². The van der Waals surface area contributed by atoms with E-state index in [0.717, 1.165) is 11.3 Å². The molecule has 0 unspecified atom stereocenters. The molecule has 0 aliphatic carbocycles. The number of nitrogens with zero attached hydrogens (tertiary/aromatic N) is 2. The zero-order valence-electron chi connectivity index (χ0n) is 9.67. The van der Waals surface area contributed by atoms with Crippen LogP contribution in [0.5, 0.6) is 0 Å². The Balaban J connectivity index is 2.00. The van der Waals surface area contributed by atoms with E-state index in [2.05, 4.69) is 15.3 Å². The second-order valence-corrected chi connectivity index (χ2v) is 4.51. The largest absolute Gasteiger partial charge is 0.396 e. The summed E-state index contributed by atoms with van der Waals surface area (Å²) in [6.45, 7) is 0.0201. The second-order valence-electron chi connectivity index (χ2n) is 3.65. The number of hydrogen-bond acceptors (Lipinski definition) is 5. The van der Waals surface area contributed by atoms with E-state index >= 15 is 0 Å². The van der Waals surface area contributed by atoms with Crippen LogP contribution in [0.2, 0.25) is 0 Å². The molecule has 0 fully saturated rings. The zero-order valence-corrected chi connectivity index (χ0v) is 10.5. The molecule has 0 aliphatic heterocycles. The number of aliphatic hydroxyl groups excluding tert-OH is 1. The van der Waals surface area contributed by atoms with Gasteiger partial charge in [-0.05, 0) is 18.6 Å². The van der Waals surface area contributed by atoms with Crippen LogP contribution in [0.1, 0.15) is 12.8 Å². The number of aromatic nitrogens is 2. The van der Waals surface area contributed by atoms with Crippen LogP contribution < -0.4 is 5.32 Å². The molecule has 0 aliphatic rings. The molecular formula is C12H13N3O2S. The fourth-order valence-corrected chi connectivity index (χ4v) is 2.14. The minimum Gasteiger partial charge on any atom is -0.396 e. The van der Waals surface area contributed by atoms with Gasteiger partial charge in [-0.1, -0.05) is 0 Å². The van der Waals surface area contributed by atoms with E-state index < -0.39 is 0 Å². The van der Waals surface area contributed by atoms with Gasteiger partial charge in [0.25, 0.3) is 0 Å². The van der Waals surface area contributed by atoms with Crippen LogP contribution in [0.4, 0.5) is 5.13 Å². The quantitative estimate of drug-likeness (QED) is 0.864. The highest BCUT2D eigenvalue weighted by atomic mass is 32.1. The molecule has 18 heavy (non-hydrogen) atoms. The van der Waals surface area contributed by atoms with Gasteiger partial charge in [-0.2, -0.15) is 0 Å². The van der Waals surface area contributed by atoms with Crippen molar-refractivity contribution < 1.29 is 9.90 Å². The van der Waals surface area contributed by atoms with E-state index in [1.54, 1.807) is 12.4 Å². The van der Waals surface area contributed by atoms with Crippen LogP contribution in [0.25, 0.3) is 11.3 Å². The summed E-state index contributed by atoms with van der Waals surface area (Å²) in [6.07, 6.45) is 4.20. The molecule has 1 amide bonds. The number of amides is 1. The molecule has 0 radical (unpaired) electrons. The molecule has 2 aromatic heterocycles. The predicted octanol–water partition coefficient (Wildman–Crippen LogP) is 1.92. The topological polar surface area (TPSA) is 75.1 Å². The number of carbonyl (C=O) groups excluding carboxylic acids is 1. The lowest BCUT2D eigenvalue weighted by Crippen LogP contribution is -2.11. The monoisotopic (exact) mass is 263 g/mol. The number of rotatable bonds is 5. The van der Waals surface area contributed by atoms with Gasteiger partial charge in [-0.25, -0.2) is 4.98 Å². The molecule has 0 bridgehead atoms. The summed E-state index contributed by atoms with van der Waals surface area (Å²) in [4.78, 5) is 19.8. The maximum absolute atomic E-state index is 11.4. The summed E-state index contributed by atoms with van der Waals surface area (Å²) in [5.74, 6) is -0.129. The third kappa shape index (κ3) is 3.35. The number of carbonyl (C=O) groups is 1. The van der Waals surface area contributed by atoms with Crippen molar-refractivity contribution in [1.82, 2.24) is 9.97 Å². The Morgan fingerprint density at radius 3 is 3.11 bits per heavy atom. The summed E-state index contributed by atoms with van der Waals surface area (Å²) in [7, 11) is 0. The van der Waals surface area contributed by atoms with E-state index in [1.165, 1.54) is 11.3 Å². The Hall–Kier alpha value is -1.79. The van der Waals surface area contributed by atoms with Crippen molar-refractivity contribution in [2.45, 2.75) is 12.8 Å². The summed E-state index contributed by atoms with van der Waals surface area (Å²) >= 11 is 1.37. The standard InChI is InChI=1S/C12H13N3O2S/c16-6-2-4-11(17)15-12-14-10(8-18-12)9-3-1-5-13-7-9/h1,3,5,7-8,16H,2,4,6H2,(H,14,15,17). The van der Waals surface area contributed by atoms with Crippen LogP contribution in [0, 0.1) is 0 Å². The van der Waals surface area contributed by atoms with Crippen LogP contribution in [0.3, 0.4) is 0 Å². The van der Waals surface area contributed by atoms with Crippen molar-refractivity contribution in [2.24, 2.45) is 0 Å². The van der Waals surface area contributed by atoms with Gasteiger partial charge in [0.1, 0.15) is 0 Å². The first kappa shape index (κ1) is 12.7. The number of hydrogen-bond donors (Lipinski definition) is 2. The lowest BCUT2D eigenvalue weighted by molar-refractivity contribution is -0.116. The van der Waals surface area contributed by atoms with Gasteiger partial charge in [0.05, 0.1) is 5.69 Å². The first-order chi connectivity index (χ1) is 8.79. The molecule has 0 saturated heterocycles. The highest BCUT2D eigenvalue weighted by molar-refractivity contribution is 7.14. The van der Waals surface area contributed by atoms with E-state index in [1.807, 2.05) is 17.5 Å². The van der Waals surface area contributed by atoms with Crippen molar-refractivity contribution in [1.29, 1.82) is 0 Å². The van der Waals surface area contributed by atoms with Gasteiger partial charge in [0.15, 0.2) is 5.13 Å². The Morgan fingerprint density at radius 2 is 2.39 bits per heavy atom. The lowest BCUT2D eigenvalue weighted by Gasteiger charge is -1.99. The molecular weight excluding hydrogens is 250 g/mol. The molecule has 0 aromatic carbocycles. The molecule has 2 rings (SSSR count). The molecule has 2 N–H and O–H groups in total. The summed E-state index contributed by atoms with van der Waals surface area (Å²) in [6, 6.07) is 3.76. The molecule has 94 valence electrons. The van der Waals surface area contributed by atoms with Crippen LogP contribution in [-0.2, 0) is 4.79 Å². The highest BCUT2D eigenvalue weighted by Crippen LogP contribution is 2.24. The fraction of sp³-hybridized carbons (Fsp3) is 0.250. The molecule has 0 saturated carbocycles. The van der Waals surface area contributed by atoms with E-state index in [-0.39, 0.29) is 12.5 Å². The van der Waals surface area contributed by atoms with Gasteiger partial charge in [0, 0.05) is 36.4 Å².